The summed E-state index contributed by atoms with van der Waals surface area (Å²) in [6.07, 6.45) is 2.29. The molecule has 0 bridgehead atoms. The van der Waals surface area contributed by atoms with E-state index in [4.69, 9.17) is 0 Å². The smallest absolute Gasteiger partial charge is 0.0574 e. The Kier molecular flexibility index (Phi) is 6.38. The molecule has 2 N–H and O–H groups in total. The van der Waals surface area contributed by atoms with Gasteiger partial charge in [0.2, 0.25) is 0 Å². The molecule has 4 aromatic rings. The highest BCUT2D eigenvalue weighted by Gasteiger charge is 2.14. The standard InChI is InChI=1S/C14H13N.C14H15N/c1-15-9-12-8-11-6-2-4-10-5-3-7-13(12)14(10)11;1-15-14(12-8-4-2-5-9-12)13-10-6-3-7-11-13/h2-8,15H,9H2,1H3;2-11,14-15H,1H3. The Hall–Kier alpha value is -3.20. The van der Waals surface area contributed by atoms with Crippen LogP contribution in [0, 0.1) is 0 Å². The molecule has 0 unspecified atom stereocenters. The lowest BCUT2D eigenvalue weighted by Gasteiger charge is -2.16. The van der Waals surface area contributed by atoms with Gasteiger partial charge >= 0.3 is 0 Å². The molecule has 0 fully saturated rings. The molecule has 4 aromatic carbocycles. The molecule has 0 saturated carbocycles. The highest BCUT2D eigenvalue weighted by Crippen LogP contribution is 2.35. The maximum Gasteiger partial charge on any atom is 0.0574 e. The van der Waals surface area contributed by atoms with Crippen molar-refractivity contribution >= 4 is 22.4 Å². The van der Waals surface area contributed by atoms with E-state index in [1.165, 1.54) is 38.6 Å². The highest BCUT2D eigenvalue weighted by atomic mass is 14.9. The van der Waals surface area contributed by atoms with Crippen molar-refractivity contribution in [3.63, 3.8) is 0 Å². The molecular weight excluding hydrogens is 364 g/mol. The van der Waals surface area contributed by atoms with Crippen molar-refractivity contribution in [2.45, 2.75) is 6.04 Å². The quantitative estimate of drug-likeness (QED) is 0.441. The minimum Gasteiger partial charge on any atom is -0.316 e. The van der Waals surface area contributed by atoms with E-state index in [0.29, 0.717) is 0 Å². The van der Waals surface area contributed by atoms with Gasteiger partial charge in [0.15, 0.2) is 0 Å². The molecule has 0 aromatic heterocycles. The van der Waals surface area contributed by atoms with Gasteiger partial charge in [-0.15, -0.1) is 0 Å². The van der Waals surface area contributed by atoms with Crippen LogP contribution in [0.5, 0.6) is 0 Å². The third kappa shape index (κ3) is 4.20. The Morgan fingerprint density at radius 3 is 1.83 bits per heavy atom. The number of nitrogens with one attached hydrogen (secondary N) is 2. The Morgan fingerprint density at radius 1 is 0.667 bits per heavy atom. The first kappa shape index (κ1) is 20.1. The molecule has 30 heavy (non-hydrogen) atoms. The second-order valence-electron chi connectivity index (χ2n) is 7.49. The summed E-state index contributed by atoms with van der Waals surface area (Å²) in [7, 11) is 3.98. The molecule has 0 atom stereocenters. The molecule has 1 aliphatic carbocycles. The van der Waals surface area contributed by atoms with E-state index in [0.717, 1.165) is 6.54 Å². The second-order valence-corrected chi connectivity index (χ2v) is 7.49. The fraction of sp³-hybridized carbons (Fsp3) is 0.143. The van der Waals surface area contributed by atoms with Gasteiger partial charge in [-0.1, -0.05) is 97.1 Å². The third-order valence-electron chi connectivity index (χ3n) is 5.53. The van der Waals surface area contributed by atoms with Crippen LogP contribution in [0.4, 0.5) is 0 Å². The Morgan fingerprint density at radius 2 is 1.27 bits per heavy atom. The summed E-state index contributed by atoms with van der Waals surface area (Å²) in [6.45, 7) is 0.938. The molecular formula is C28H28N2. The van der Waals surface area contributed by atoms with Gasteiger partial charge in [0.1, 0.15) is 0 Å². The number of hydrogen-bond donors (Lipinski definition) is 2. The highest BCUT2D eigenvalue weighted by molar-refractivity contribution is 6.09. The van der Waals surface area contributed by atoms with E-state index in [1.807, 2.05) is 26.2 Å². The van der Waals surface area contributed by atoms with E-state index < -0.39 is 0 Å². The van der Waals surface area contributed by atoms with Crippen LogP contribution in [0.2, 0.25) is 0 Å². The molecule has 1 aliphatic rings. The average Bonchev–Trinajstić information content (AvgIpc) is 3.16. The lowest BCUT2D eigenvalue weighted by molar-refractivity contribution is 0.692. The van der Waals surface area contributed by atoms with E-state index >= 15 is 0 Å². The zero-order chi connectivity index (χ0) is 20.8. The second kappa shape index (κ2) is 9.53. The van der Waals surface area contributed by atoms with Gasteiger partial charge in [0, 0.05) is 6.54 Å². The fourth-order valence-corrected chi connectivity index (χ4v) is 4.18. The number of benzene rings is 4. The van der Waals surface area contributed by atoms with Gasteiger partial charge < -0.3 is 10.6 Å². The molecule has 0 heterocycles. The number of likely N-dealkylation sites (N-methyl/N-ethyl adjacent to an activating group) is 1. The molecule has 5 rings (SSSR count). The lowest BCUT2D eigenvalue weighted by atomic mass is 9.99. The van der Waals surface area contributed by atoms with Crippen LogP contribution in [-0.4, -0.2) is 20.6 Å². The fourth-order valence-electron chi connectivity index (χ4n) is 4.18. The van der Waals surface area contributed by atoms with Crippen LogP contribution >= 0.6 is 0 Å². The predicted molar refractivity (Wildman–Crippen MR) is 130 cm³/mol. The monoisotopic (exact) mass is 392 g/mol. The molecule has 0 saturated heterocycles. The molecule has 2 heteroatoms. The molecule has 150 valence electrons. The summed E-state index contributed by atoms with van der Waals surface area (Å²) in [5.74, 6) is 0. The summed E-state index contributed by atoms with van der Waals surface area (Å²) >= 11 is 0. The SMILES string of the molecule is CNC(c1ccccc1)c1ccccc1.CNCC1=Cc2cccc3cccc1c23. The summed E-state index contributed by atoms with van der Waals surface area (Å²) in [6, 6.07) is 34.3. The minimum absolute atomic E-state index is 0.285. The molecule has 0 aliphatic heterocycles. The van der Waals surface area contributed by atoms with Gasteiger partial charge in [0.05, 0.1) is 6.04 Å². The first-order valence-corrected chi connectivity index (χ1v) is 10.5. The predicted octanol–water partition coefficient (Wildman–Crippen LogP) is 5.91. The maximum absolute atomic E-state index is 3.33. The van der Waals surface area contributed by atoms with E-state index in [-0.39, 0.29) is 6.04 Å². The largest absolute Gasteiger partial charge is 0.316 e. The van der Waals surface area contributed by atoms with Crippen molar-refractivity contribution in [1.29, 1.82) is 0 Å². The maximum atomic E-state index is 3.33. The first-order valence-electron chi connectivity index (χ1n) is 10.5. The molecule has 0 amide bonds. The lowest BCUT2D eigenvalue weighted by Crippen LogP contribution is -2.17. The van der Waals surface area contributed by atoms with Crippen LogP contribution in [0.3, 0.4) is 0 Å². The summed E-state index contributed by atoms with van der Waals surface area (Å²) < 4.78 is 0. The van der Waals surface area contributed by atoms with Crippen molar-refractivity contribution in [3.05, 3.63) is 119 Å². The van der Waals surface area contributed by atoms with Crippen LogP contribution in [0.15, 0.2) is 97.1 Å². The zero-order valence-electron chi connectivity index (χ0n) is 17.6. The van der Waals surface area contributed by atoms with Crippen LogP contribution in [0.1, 0.15) is 28.3 Å². The number of hydrogen-bond acceptors (Lipinski definition) is 2. The minimum atomic E-state index is 0.285. The van der Waals surface area contributed by atoms with Gasteiger partial charge in [-0.3, -0.25) is 0 Å². The van der Waals surface area contributed by atoms with Crippen molar-refractivity contribution in [2.75, 3.05) is 20.6 Å². The van der Waals surface area contributed by atoms with Crippen molar-refractivity contribution < 1.29 is 0 Å². The third-order valence-corrected chi connectivity index (χ3v) is 5.53. The number of rotatable bonds is 5. The van der Waals surface area contributed by atoms with Crippen molar-refractivity contribution in [3.8, 4) is 0 Å². The van der Waals surface area contributed by atoms with Gasteiger partial charge in [-0.05, 0) is 58.8 Å². The molecule has 0 spiro atoms. The first-order chi connectivity index (χ1) is 14.8. The average molecular weight is 393 g/mol. The van der Waals surface area contributed by atoms with Crippen LogP contribution in [-0.2, 0) is 0 Å². The van der Waals surface area contributed by atoms with Gasteiger partial charge in [-0.2, -0.15) is 0 Å². The normalized spacial score (nSPS) is 11.9. The topological polar surface area (TPSA) is 24.1 Å². The summed E-state index contributed by atoms with van der Waals surface area (Å²) in [5.41, 5.74) is 6.73. The van der Waals surface area contributed by atoms with Crippen molar-refractivity contribution in [1.82, 2.24) is 10.6 Å². The van der Waals surface area contributed by atoms with Gasteiger partial charge in [-0.25, -0.2) is 0 Å². The van der Waals surface area contributed by atoms with Crippen LogP contribution in [0.25, 0.3) is 22.4 Å². The van der Waals surface area contributed by atoms with Crippen LogP contribution < -0.4 is 10.6 Å². The zero-order valence-corrected chi connectivity index (χ0v) is 17.6. The molecule has 2 nitrogen and oxygen atoms in total. The van der Waals surface area contributed by atoms with Crippen molar-refractivity contribution in [2.24, 2.45) is 0 Å². The molecule has 0 radical (unpaired) electrons. The van der Waals surface area contributed by atoms with E-state index in [9.17, 15) is 0 Å². The summed E-state index contributed by atoms with van der Waals surface area (Å²) in [4.78, 5) is 0. The Labute approximate surface area is 179 Å². The van der Waals surface area contributed by atoms with E-state index in [2.05, 4.69) is 102 Å². The van der Waals surface area contributed by atoms with E-state index in [1.54, 1.807) is 0 Å². The Balaban J connectivity index is 0.000000145. The van der Waals surface area contributed by atoms with Gasteiger partial charge in [0.25, 0.3) is 0 Å². The Bertz CT molecular complexity index is 1090. The summed E-state index contributed by atoms with van der Waals surface area (Å²) in [5, 5.41) is 9.30.